The van der Waals surface area contributed by atoms with Gasteiger partial charge in [0.05, 0.1) is 22.4 Å². The molecule has 0 bridgehead atoms. The lowest BCUT2D eigenvalue weighted by Crippen LogP contribution is -2.47. The molecule has 0 saturated heterocycles. The first kappa shape index (κ1) is 16.3. The van der Waals surface area contributed by atoms with Crippen molar-refractivity contribution in [3.05, 3.63) is 34.9 Å². The predicted octanol–water partition coefficient (Wildman–Crippen LogP) is 1.99. The van der Waals surface area contributed by atoms with Crippen molar-refractivity contribution in [3.8, 4) is 0 Å². The number of nitrogens with one attached hydrogen (secondary N) is 2. The third-order valence-corrected chi connectivity index (χ3v) is 4.17. The van der Waals surface area contributed by atoms with Crippen molar-refractivity contribution in [2.24, 2.45) is 11.8 Å². The van der Waals surface area contributed by atoms with E-state index in [1.165, 1.54) is 6.07 Å². The Morgan fingerprint density at radius 2 is 1.68 bits per heavy atom. The van der Waals surface area contributed by atoms with Crippen LogP contribution in [0.5, 0.6) is 0 Å². The molecular formula is C15H17ClN2O4. The number of aliphatic carboxylic acids is 1. The first-order valence-corrected chi connectivity index (χ1v) is 7.46. The summed E-state index contributed by atoms with van der Waals surface area (Å²) >= 11 is 5.90. The van der Waals surface area contributed by atoms with Crippen LogP contribution in [0, 0.1) is 11.8 Å². The first-order valence-electron chi connectivity index (χ1n) is 7.08. The fourth-order valence-corrected chi connectivity index (χ4v) is 2.89. The molecule has 0 aliphatic heterocycles. The molecule has 22 heavy (non-hydrogen) atoms. The normalized spacial score (nSPS) is 21.0. The number of carboxylic acid groups (broad SMARTS) is 1. The largest absolute Gasteiger partial charge is 0.481 e. The Labute approximate surface area is 132 Å². The molecule has 2 amide bonds. The average Bonchev–Trinajstić information content (AvgIpc) is 2.52. The van der Waals surface area contributed by atoms with Crippen LogP contribution in [0.2, 0.25) is 5.02 Å². The molecule has 3 N–H and O–H groups in total. The molecule has 2 atom stereocenters. The molecule has 7 heteroatoms. The summed E-state index contributed by atoms with van der Waals surface area (Å²) in [6.07, 6.45) is 2.59. The van der Waals surface area contributed by atoms with Gasteiger partial charge in [-0.2, -0.15) is 0 Å². The quantitative estimate of drug-likeness (QED) is 0.741. The van der Waals surface area contributed by atoms with Crippen molar-refractivity contribution >= 4 is 29.4 Å². The van der Waals surface area contributed by atoms with E-state index in [0.29, 0.717) is 12.8 Å². The van der Waals surface area contributed by atoms with Crippen LogP contribution in [0.25, 0.3) is 0 Å². The van der Waals surface area contributed by atoms with Crippen LogP contribution in [0.4, 0.5) is 0 Å². The molecule has 1 aliphatic carbocycles. The Bertz CT molecular complexity index is 591. The SMILES string of the molecule is O=C(NNC(=O)[C@@H]1CCCC[C@@H]1C(=O)O)c1ccccc1Cl. The molecule has 0 spiro atoms. The van der Waals surface area contributed by atoms with Gasteiger partial charge in [0.1, 0.15) is 0 Å². The summed E-state index contributed by atoms with van der Waals surface area (Å²) in [7, 11) is 0. The van der Waals surface area contributed by atoms with E-state index in [-0.39, 0.29) is 10.6 Å². The number of hydrazine groups is 1. The first-order chi connectivity index (χ1) is 10.5. The standard InChI is InChI=1S/C15H17ClN2O4/c16-12-8-4-3-7-11(12)14(20)18-17-13(19)9-5-1-2-6-10(9)15(21)22/h3-4,7-10H,1-2,5-6H2,(H,17,19)(H,18,20)(H,21,22)/t9-,10+/m1/s1. The van der Waals surface area contributed by atoms with E-state index in [2.05, 4.69) is 10.9 Å². The zero-order chi connectivity index (χ0) is 16.1. The zero-order valence-corrected chi connectivity index (χ0v) is 12.6. The fourth-order valence-electron chi connectivity index (χ4n) is 2.66. The Morgan fingerprint density at radius 3 is 2.32 bits per heavy atom. The third kappa shape index (κ3) is 3.76. The van der Waals surface area contributed by atoms with E-state index in [1.54, 1.807) is 18.2 Å². The highest BCUT2D eigenvalue weighted by Gasteiger charge is 2.35. The fraction of sp³-hybridized carbons (Fsp3) is 0.400. The van der Waals surface area contributed by atoms with Crippen molar-refractivity contribution < 1.29 is 19.5 Å². The van der Waals surface area contributed by atoms with Gasteiger partial charge in [0.15, 0.2) is 0 Å². The molecule has 0 radical (unpaired) electrons. The molecular weight excluding hydrogens is 308 g/mol. The van der Waals surface area contributed by atoms with Gasteiger partial charge in [-0.1, -0.05) is 36.6 Å². The van der Waals surface area contributed by atoms with Gasteiger partial charge in [-0.15, -0.1) is 0 Å². The van der Waals surface area contributed by atoms with Crippen LogP contribution in [-0.2, 0) is 9.59 Å². The molecule has 118 valence electrons. The van der Waals surface area contributed by atoms with Gasteiger partial charge in [-0.3, -0.25) is 25.2 Å². The number of halogens is 1. The minimum Gasteiger partial charge on any atom is -0.481 e. The van der Waals surface area contributed by atoms with Crippen molar-refractivity contribution in [2.75, 3.05) is 0 Å². The lowest BCUT2D eigenvalue weighted by Gasteiger charge is -2.27. The summed E-state index contributed by atoms with van der Waals surface area (Å²) in [5, 5.41) is 9.44. The van der Waals surface area contributed by atoms with Crippen molar-refractivity contribution in [2.45, 2.75) is 25.7 Å². The van der Waals surface area contributed by atoms with Gasteiger partial charge in [0.2, 0.25) is 5.91 Å². The highest BCUT2D eigenvalue weighted by atomic mass is 35.5. The maximum absolute atomic E-state index is 12.1. The van der Waals surface area contributed by atoms with Crippen LogP contribution in [0.15, 0.2) is 24.3 Å². The number of carbonyl (C=O) groups excluding carboxylic acids is 2. The number of benzene rings is 1. The third-order valence-electron chi connectivity index (χ3n) is 3.84. The monoisotopic (exact) mass is 324 g/mol. The Morgan fingerprint density at radius 1 is 1.05 bits per heavy atom. The number of hydrogen-bond donors (Lipinski definition) is 3. The number of carboxylic acids is 1. The minimum absolute atomic E-state index is 0.239. The maximum Gasteiger partial charge on any atom is 0.307 e. The van der Waals surface area contributed by atoms with Crippen molar-refractivity contribution in [3.63, 3.8) is 0 Å². The minimum atomic E-state index is -0.975. The van der Waals surface area contributed by atoms with Crippen LogP contribution < -0.4 is 10.9 Å². The number of amides is 2. The van der Waals surface area contributed by atoms with E-state index < -0.39 is 29.6 Å². The van der Waals surface area contributed by atoms with Gasteiger partial charge in [0, 0.05) is 0 Å². The Kier molecular flexibility index (Phi) is 5.38. The molecule has 1 aliphatic rings. The second-order valence-corrected chi connectivity index (χ2v) is 5.67. The van der Waals surface area contributed by atoms with E-state index in [4.69, 9.17) is 16.7 Å². The van der Waals surface area contributed by atoms with E-state index in [0.717, 1.165) is 12.8 Å². The molecule has 1 fully saturated rings. The molecule has 1 aromatic carbocycles. The smallest absolute Gasteiger partial charge is 0.307 e. The van der Waals surface area contributed by atoms with Gasteiger partial charge in [-0.05, 0) is 25.0 Å². The summed E-state index contributed by atoms with van der Waals surface area (Å²) < 4.78 is 0. The summed E-state index contributed by atoms with van der Waals surface area (Å²) in [6, 6.07) is 6.45. The Balaban J connectivity index is 1.96. The molecule has 0 heterocycles. The van der Waals surface area contributed by atoms with Gasteiger partial charge in [0.25, 0.3) is 5.91 Å². The highest BCUT2D eigenvalue weighted by molar-refractivity contribution is 6.33. The van der Waals surface area contributed by atoms with Crippen LogP contribution in [0.3, 0.4) is 0 Å². The number of hydrogen-bond acceptors (Lipinski definition) is 3. The van der Waals surface area contributed by atoms with Gasteiger partial charge in [-0.25, -0.2) is 0 Å². The number of rotatable bonds is 3. The average molecular weight is 325 g/mol. The summed E-state index contributed by atoms with van der Waals surface area (Å²) in [6.45, 7) is 0. The molecule has 0 aromatic heterocycles. The molecule has 6 nitrogen and oxygen atoms in total. The second kappa shape index (κ2) is 7.26. The summed E-state index contributed by atoms with van der Waals surface area (Å²) in [4.78, 5) is 35.2. The van der Waals surface area contributed by atoms with E-state index >= 15 is 0 Å². The second-order valence-electron chi connectivity index (χ2n) is 5.26. The highest BCUT2D eigenvalue weighted by Crippen LogP contribution is 2.30. The topological polar surface area (TPSA) is 95.5 Å². The zero-order valence-electron chi connectivity index (χ0n) is 11.8. The van der Waals surface area contributed by atoms with Crippen molar-refractivity contribution in [1.82, 2.24) is 10.9 Å². The maximum atomic E-state index is 12.1. The predicted molar refractivity (Wildman–Crippen MR) is 80.1 cm³/mol. The van der Waals surface area contributed by atoms with Crippen LogP contribution >= 0.6 is 11.6 Å². The Hall–Kier alpha value is -2.08. The summed E-state index contributed by atoms with van der Waals surface area (Å²) in [5.41, 5.74) is 4.82. The van der Waals surface area contributed by atoms with Crippen LogP contribution in [-0.4, -0.2) is 22.9 Å². The van der Waals surface area contributed by atoms with Gasteiger partial charge >= 0.3 is 5.97 Å². The van der Waals surface area contributed by atoms with E-state index in [9.17, 15) is 14.4 Å². The molecule has 1 saturated carbocycles. The summed E-state index contributed by atoms with van der Waals surface area (Å²) in [5.74, 6) is -3.32. The van der Waals surface area contributed by atoms with Crippen LogP contribution in [0.1, 0.15) is 36.0 Å². The number of carbonyl (C=O) groups is 3. The van der Waals surface area contributed by atoms with Gasteiger partial charge < -0.3 is 5.11 Å². The van der Waals surface area contributed by atoms with E-state index in [1.807, 2.05) is 0 Å². The lowest BCUT2D eigenvalue weighted by atomic mass is 9.79. The molecule has 1 aromatic rings. The molecule has 2 rings (SSSR count). The lowest BCUT2D eigenvalue weighted by molar-refractivity contribution is -0.149. The van der Waals surface area contributed by atoms with Crippen molar-refractivity contribution in [1.29, 1.82) is 0 Å². The molecule has 0 unspecified atom stereocenters.